The smallest absolute Gasteiger partial charge is 0.303 e. The molecule has 16 heavy (non-hydrogen) atoms. The van der Waals surface area contributed by atoms with Gasteiger partial charge in [-0.25, -0.2) is 0 Å². The van der Waals surface area contributed by atoms with Crippen molar-refractivity contribution < 1.29 is 9.90 Å². The molecule has 4 nitrogen and oxygen atoms in total. The van der Waals surface area contributed by atoms with Crippen LogP contribution in [-0.4, -0.2) is 21.3 Å². The van der Waals surface area contributed by atoms with Gasteiger partial charge in [-0.15, -0.1) is 0 Å². The van der Waals surface area contributed by atoms with E-state index in [2.05, 4.69) is 10.2 Å². The van der Waals surface area contributed by atoms with Crippen LogP contribution in [0, 0.1) is 0 Å². The standard InChI is InChI=1S/C11H11ClN2O2/c1-6(4-10(15)16)7-2-3-8-9(5-7)13-14-11(8)12/h2-3,5-6H,4H2,1H3,(H,13,14)(H,15,16). The normalized spacial score (nSPS) is 12.9. The molecule has 1 atom stereocenters. The van der Waals surface area contributed by atoms with Crippen LogP contribution in [0.5, 0.6) is 0 Å². The molecule has 1 aromatic carbocycles. The van der Waals surface area contributed by atoms with E-state index in [1.165, 1.54) is 0 Å². The molecule has 0 spiro atoms. The minimum atomic E-state index is -0.798. The summed E-state index contributed by atoms with van der Waals surface area (Å²) in [6.07, 6.45) is 0.115. The summed E-state index contributed by atoms with van der Waals surface area (Å²) in [6, 6.07) is 5.61. The quantitative estimate of drug-likeness (QED) is 0.864. The minimum Gasteiger partial charge on any atom is -0.481 e. The maximum Gasteiger partial charge on any atom is 0.303 e. The molecule has 0 saturated carbocycles. The minimum absolute atomic E-state index is 0.0302. The Morgan fingerprint density at radius 2 is 2.38 bits per heavy atom. The van der Waals surface area contributed by atoms with Crippen molar-refractivity contribution in [2.75, 3.05) is 0 Å². The molecule has 2 aromatic rings. The molecule has 1 unspecified atom stereocenters. The van der Waals surface area contributed by atoms with Crippen LogP contribution in [0.15, 0.2) is 18.2 Å². The monoisotopic (exact) mass is 238 g/mol. The number of nitrogens with one attached hydrogen (secondary N) is 1. The van der Waals surface area contributed by atoms with Crippen molar-refractivity contribution in [3.8, 4) is 0 Å². The van der Waals surface area contributed by atoms with Crippen molar-refractivity contribution in [2.45, 2.75) is 19.3 Å². The van der Waals surface area contributed by atoms with Crippen molar-refractivity contribution in [2.24, 2.45) is 0 Å². The lowest BCUT2D eigenvalue weighted by Crippen LogP contribution is -2.02. The Bertz CT molecular complexity index is 536. The van der Waals surface area contributed by atoms with Crippen molar-refractivity contribution in [3.05, 3.63) is 28.9 Å². The first-order valence-electron chi connectivity index (χ1n) is 4.93. The number of H-pyrrole nitrogens is 1. The number of carbonyl (C=O) groups is 1. The molecular formula is C11H11ClN2O2. The summed E-state index contributed by atoms with van der Waals surface area (Å²) < 4.78 is 0. The third kappa shape index (κ3) is 2.02. The van der Waals surface area contributed by atoms with Crippen LogP contribution in [0.4, 0.5) is 0 Å². The number of benzene rings is 1. The molecule has 0 aliphatic heterocycles. The molecule has 1 aromatic heterocycles. The molecule has 0 aliphatic carbocycles. The predicted octanol–water partition coefficient (Wildman–Crippen LogP) is 2.79. The number of fused-ring (bicyclic) bond motifs is 1. The second-order valence-corrected chi connectivity index (χ2v) is 4.19. The van der Waals surface area contributed by atoms with Gasteiger partial charge in [0.05, 0.1) is 11.9 Å². The Morgan fingerprint density at radius 1 is 1.62 bits per heavy atom. The Kier molecular flexibility index (Phi) is 2.83. The molecule has 2 N–H and O–H groups in total. The van der Waals surface area contributed by atoms with Gasteiger partial charge in [0.1, 0.15) is 5.15 Å². The molecule has 0 fully saturated rings. The van der Waals surface area contributed by atoms with Gasteiger partial charge < -0.3 is 5.11 Å². The van der Waals surface area contributed by atoms with E-state index >= 15 is 0 Å². The van der Waals surface area contributed by atoms with Crippen LogP contribution >= 0.6 is 11.6 Å². The number of carboxylic acids is 1. The third-order valence-electron chi connectivity index (χ3n) is 2.58. The number of rotatable bonds is 3. The Morgan fingerprint density at radius 3 is 3.06 bits per heavy atom. The van der Waals surface area contributed by atoms with Gasteiger partial charge in [0.2, 0.25) is 0 Å². The third-order valence-corrected chi connectivity index (χ3v) is 2.87. The molecule has 0 saturated heterocycles. The second-order valence-electron chi connectivity index (χ2n) is 3.81. The summed E-state index contributed by atoms with van der Waals surface area (Å²) in [5, 5.41) is 16.8. The van der Waals surface area contributed by atoms with Crippen LogP contribution < -0.4 is 0 Å². The number of aliphatic carboxylic acids is 1. The molecule has 2 rings (SSSR count). The highest BCUT2D eigenvalue weighted by Gasteiger charge is 2.12. The molecule has 0 amide bonds. The zero-order chi connectivity index (χ0) is 11.7. The molecule has 5 heteroatoms. The van der Waals surface area contributed by atoms with Crippen molar-refractivity contribution in [3.63, 3.8) is 0 Å². The number of halogens is 1. The van der Waals surface area contributed by atoms with Crippen LogP contribution in [-0.2, 0) is 4.79 Å². The molecule has 0 bridgehead atoms. The Labute approximate surface area is 97.2 Å². The first kappa shape index (κ1) is 11.0. The largest absolute Gasteiger partial charge is 0.481 e. The van der Waals surface area contributed by atoms with E-state index in [-0.39, 0.29) is 12.3 Å². The number of carboxylic acid groups (broad SMARTS) is 1. The topological polar surface area (TPSA) is 66.0 Å². The fourth-order valence-electron chi connectivity index (χ4n) is 1.68. The highest BCUT2D eigenvalue weighted by Crippen LogP contribution is 2.26. The number of aromatic nitrogens is 2. The fraction of sp³-hybridized carbons (Fsp3) is 0.273. The highest BCUT2D eigenvalue weighted by molar-refractivity contribution is 6.34. The lowest BCUT2D eigenvalue weighted by molar-refractivity contribution is -0.137. The van der Waals surface area contributed by atoms with Gasteiger partial charge in [0, 0.05) is 5.39 Å². The SMILES string of the molecule is CC(CC(=O)O)c1ccc2c(Cl)[nH]nc2c1. The van der Waals surface area contributed by atoms with E-state index in [1.807, 2.05) is 25.1 Å². The first-order valence-corrected chi connectivity index (χ1v) is 5.31. The average Bonchev–Trinajstić information content (AvgIpc) is 2.59. The van der Waals surface area contributed by atoms with E-state index in [0.717, 1.165) is 16.5 Å². The van der Waals surface area contributed by atoms with E-state index in [0.29, 0.717) is 5.15 Å². The van der Waals surface area contributed by atoms with E-state index < -0.39 is 5.97 Å². The second kappa shape index (κ2) is 4.14. The molecule has 0 aliphatic rings. The Hall–Kier alpha value is -1.55. The summed E-state index contributed by atoms with van der Waals surface area (Å²) in [5.74, 6) is -0.829. The zero-order valence-corrected chi connectivity index (χ0v) is 9.45. The van der Waals surface area contributed by atoms with Gasteiger partial charge in [-0.3, -0.25) is 9.89 Å². The van der Waals surface area contributed by atoms with Gasteiger partial charge in [0.15, 0.2) is 0 Å². The molecule has 1 heterocycles. The van der Waals surface area contributed by atoms with Crippen LogP contribution in [0.25, 0.3) is 10.9 Å². The average molecular weight is 239 g/mol. The van der Waals surface area contributed by atoms with Gasteiger partial charge in [0.25, 0.3) is 0 Å². The maximum atomic E-state index is 10.6. The van der Waals surface area contributed by atoms with Gasteiger partial charge in [-0.05, 0) is 23.6 Å². The van der Waals surface area contributed by atoms with Crippen LogP contribution in [0.1, 0.15) is 24.8 Å². The zero-order valence-electron chi connectivity index (χ0n) is 8.70. The van der Waals surface area contributed by atoms with Gasteiger partial charge >= 0.3 is 5.97 Å². The van der Waals surface area contributed by atoms with E-state index in [9.17, 15) is 4.79 Å². The summed E-state index contributed by atoms with van der Waals surface area (Å²) >= 11 is 5.88. The molecule has 0 radical (unpaired) electrons. The molecule has 84 valence electrons. The maximum absolute atomic E-state index is 10.6. The van der Waals surface area contributed by atoms with Crippen molar-refractivity contribution >= 4 is 28.5 Å². The van der Waals surface area contributed by atoms with Gasteiger partial charge in [-0.2, -0.15) is 5.10 Å². The summed E-state index contributed by atoms with van der Waals surface area (Å²) in [7, 11) is 0. The molecular weight excluding hydrogens is 228 g/mol. The number of hydrogen-bond acceptors (Lipinski definition) is 2. The van der Waals surface area contributed by atoms with Crippen molar-refractivity contribution in [1.29, 1.82) is 0 Å². The number of nitrogens with zero attached hydrogens (tertiary/aromatic N) is 1. The van der Waals surface area contributed by atoms with Gasteiger partial charge in [-0.1, -0.05) is 24.6 Å². The summed E-state index contributed by atoms with van der Waals surface area (Å²) in [6.45, 7) is 1.88. The lowest BCUT2D eigenvalue weighted by Gasteiger charge is -2.08. The van der Waals surface area contributed by atoms with Crippen LogP contribution in [0.2, 0.25) is 5.15 Å². The summed E-state index contributed by atoms with van der Waals surface area (Å²) in [4.78, 5) is 10.6. The van der Waals surface area contributed by atoms with Crippen LogP contribution in [0.3, 0.4) is 0 Å². The first-order chi connectivity index (χ1) is 7.58. The van der Waals surface area contributed by atoms with Crippen molar-refractivity contribution in [1.82, 2.24) is 10.2 Å². The Balaban J connectivity index is 2.35. The van der Waals surface area contributed by atoms with E-state index in [4.69, 9.17) is 16.7 Å². The fourth-order valence-corrected chi connectivity index (χ4v) is 1.88. The van der Waals surface area contributed by atoms with E-state index in [1.54, 1.807) is 0 Å². The number of aromatic amines is 1. The highest BCUT2D eigenvalue weighted by atomic mass is 35.5. The predicted molar refractivity (Wildman–Crippen MR) is 61.8 cm³/mol. The number of hydrogen-bond donors (Lipinski definition) is 2. The lowest BCUT2D eigenvalue weighted by atomic mass is 9.97. The summed E-state index contributed by atoms with van der Waals surface area (Å²) in [5.41, 5.74) is 1.72.